The molecule has 2 atom stereocenters. The summed E-state index contributed by atoms with van der Waals surface area (Å²) in [6, 6.07) is 11.0. The maximum absolute atomic E-state index is 13.6. The number of anilines is 1. The van der Waals surface area contributed by atoms with Crippen molar-refractivity contribution in [2.75, 3.05) is 18.1 Å². The van der Waals surface area contributed by atoms with E-state index in [0.29, 0.717) is 23.6 Å². The molecule has 8 heteroatoms. The number of imidazole rings is 1. The van der Waals surface area contributed by atoms with Crippen molar-refractivity contribution in [2.24, 2.45) is 5.92 Å². The Bertz CT molecular complexity index is 1140. The van der Waals surface area contributed by atoms with Crippen LogP contribution in [0.4, 0.5) is 5.95 Å². The van der Waals surface area contributed by atoms with Crippen LogP contribution in [0, 0.1) is 5.92 Å². The van der Waals surface area contributed by atoms with Crippen LogP contribution in [0.2, 0.25) is 0 Å². The first kappa shape index (κ1) is 20.7. The van der Waals surface area contributed by atoms with Gasteiger partial charge in [0.25, 0.3) is 0 Å². The summed E-state index contributed by atoms with van der Waals surface area (Å²) in [7, 11) is 0. The third kappa shape index (κ3) is 3.48. The van der Waals surface area contributed by atoms with Crippen molar-refractivity contribution in [1.29, 1.82) is 0 Å². The van der Waals surface area contributed by atoms with Gasteiger partial charge >= 0.3 is 5.97 Å². The van der Waals surface area contributed by atoms with E-state index in [4.69, 9.17) is 9.72 Å². The van der Waals surface area contributed by atoms with Crippen molar-refractivity contribution in [2.45, 2.75) is 32.7 Å². The Balaban J connectivity index is 1.99. The van der Waals surface area contributed by atoms with E-state index >= 15 is 0 Å². The van der Waals surface area contributed by atoms with E-state index in [0.717, 1.165) is 18.4 Å². The molecule has 0 fully saturated rings. The molecule has 0 saturated heterocycles. The second kappa shape index (κ2) is 8.29. The number of phenols is 2. The molecule has 1 aliphatic rings. The average Bonchev–Trinajstić information content (AvgIpc) is 3.13. The molecule has 0 saturated carbocycles. The normalized spacial score (nSPS) is 18.3. The number of hydrogen-bond donors (Lipinski definition) is 2. The number of aromatic hydroxyl groups is 2. The summed E-state index contributed by atoms with van der Waals surface area (Å²) in [4.78, 5) is 32.9. The number of para-hydroxylation sites is 2. The quantitative estimate of drug-likeness (QED) is 0.358. The molecule has 0 radical (unpaired) electrons. The third-order valence-corrected chi connectivity index (χ3v) is 5.56. The smallest absolute Gasteiger partial charge is 0.321 e. The van der Waals surface area contributed by atoms with E-state index in [-0.39, 0.29) is 24.0 Å². The van der Waals surface area contributed by atoms with Gasteiger partial charge in [-0.25, -0.2) is 4.98 Å². The Kier molecular flexibility index (Phi) is 5.54. The van der Waals surface area contributed by atoms with Crippen molar-refractivity contribution in [3.63, 3.8) is 0 Å². The highest BCUT2D eigenvalue weighted by Crippen LogP contribution is 2.42. The van der Waals surface area contributed by atoms with Crippen molar-refractivity contribution in [3.8, 4) is 11.5 Å². The number of rotatable bonds is 6. The lowest BCUT2D eigenvalue weighted by atomic mass is 9.89. The number of hydrogen-bond acceptors (Lipinski definition) is 6. The van der Waals surface area contributed by atoms with E-state index in [1.807, 2.05) is 35.8 Å². The third-order valence-electron chi connectivity index (χ3n) is 5.56. The highest BCUT2D eigenvalue weighted by Gasteiger charge is 2.47. The van der Waals surface area contributed by atoms with Crippen molar-refractivity contribution in [3.05, 3.63) is 48.0 Å². The van der Waals surface area contributed by atoms with Crippen LogP contribution in [0.1, 0.15) is 38.3 Å². The predicted molar refractivity (Wildman–Crippen MR) is 115 cm³/mol. The number of ether oxygens (including phenoxy) is 1. The molecular weight excluding hydrogens is 398 g/mol. The predicted octanol–water partition coefficient (Wildman–Crippen LogP) is 3.36. The van der Waals surface area contributed by atoms with Gasteiger partial charge in [-0.05, 0) is 43.2 Å². The average molecular weight is 423 g/mol. The molecule has 4 rings (SSSR count). The zero-order valence-electron chi connectivity index (χ0n) is 17.5. The first-order valence-electron chi connectivity index (χ1n) is 10.4. The molecule has 2 aromatic carbocycles. The van der Waals surface area contributed by atoms with Gasteiger partial charge in [-0.3, -0.25) is 14.5 Å². The van der Waals surface area contributed by atoms with E-state index in [9.17, 15) is 19.8 Å². The molecule has 162 valence electrons. The Morgan fingerprint density at radius 1 is 1.13 bits per heavy atom. The SMILES string of the molecule is CCCCN1C(=O)[C@H](C(=O)OCC)[C@H](c2ccc(O)c(O)c2)n2c1nc1ccccc12. The number of benzene rings is 2. The topological polar surface area (TPSA) is 105 Å². The summed E-state index contributed by atoms with van der Waals surface area (Å²) in [5.41, 5.74) is 1.96. The minimum Gasteiger partial charge on any atom is -0.504 e. The molecule has 31 heavy (non-hydrogen) atoms. The van der Waals surface area contributed by atoms with E-state index < -0.39 is 17.9 Å². The fourth-order valence-corrected chi connectivity index (χ4v) is 4.10. The number of aromatic nitrogens is 2. The molecular formula is C23H25N3O5. The Labute approximate surface area is 179 Å². The molecule has 0 bridgehead atoms. The number of carbonyl (C=O) groups excluding carboxylic acids is 2. The first-order valence-corrected chi connectivity index (χ1v) is 10.4. The van der Waals surface area contributed by atoms with Crippen LogP contribution in [0.3, 0.4) is 0 Å². The highest BCUT2D eigenvalue weighted by molar-refractivity contribution is 6.08. The van der Waals surface area contributed by atoms with Crippen LogP contribution in [0.15, 0.2) is 42.5 Å². The number of carbonyl (C=O) groups is 2. The largest absolute Gasteiger partial charge is 0.504 e. The molecule has 2 heterocycles. The summed E-state index contributed by atoms with van der Waals surface area (Å²) in [6.07, 6.45) is 1.64. The molecule has 0 aliphatic carbocycles. The molecule has 1 aliphatic heterocycles. The maximum atomic E-state index is 13.6. The van der Waals surface area contributed by atoms with E-state index in [2.05, 4.69) is 0 Å². The van der Waals surface area contributed by atoms with Crippen LogP contribution in [0.5, 0.6) is 11.5 Å². The number of phenolic OH excluding ortho intramolecular Hbond substituents is 2. The molecule has 0 spiro atoms. The lowest BCUT2D eigenvalue weighted by Gasteiger charge is -2.38. The van der Waals surface area contributed by atoms with E-state index in [1.54, 1.807) is 17.9 Å². The van der Waals surface area contributed by atoms with Gasteiger partial charge in [0.15, 0.2) is 17.4 Å². The van der Waals surface area contributed by atoms with Crippen LogP contribution < -0.4 is 4.90 Å². The minimum absolute atomic E-state index is 0.142. The Morgan fingerprint density at radius 2 is 1.90 bits per heavy atom. The summed E-state index contributed by atoms with van der Waals surface area (Å²) in [5, 5.41) is 19.9. The van der Waals surface area contributed by atoms with Gasteiger partial charge in [0.1, 0.15) is 0 Å². The summed E-state index contributed by atoms with van der Waals surface area (Å²) < 4.78 is 7.14. The lowest BCUT2D eigenvalue weighted by Crippen LogP contribution is -2.50. The van der Waals surface area contributed by atoms with Gasteiger partial charge < -0.3 is 19.5 Å². The van der Waals surface area contributed by atoms with Gasteiger partial charge in [0.05, 0.1) is 23.7 Å². The van der Waals surface area contributed by atoms with Crippen LogP contribution in [0.25, 0.3) is 11.0 Å². The summed E-state index contributed by atoms with van der Waals surface area (Å²) in [5.74, 6) is -2.31. The molecule has 0 unspecified atom stereocenters. The molecule has 8 nitrogen and oxygen atoms in total. The standard InChI is InChI=1S/C23H25N3O5/c1-3-5-12-25-21(29)19(22(30)31-4-2)20(14-10-11-17(27)18(28)13-14)26-16-9-7-6-8-15(16)24-23(25)26/h6-11,13,19-20,27-28H,3-5,12H2,1-2H3/t19-,20+/m1/s1. The first-order chi connectivity index (χ1) is 15.0. The highest BCUT2D eigenvalue weighted by atomic mass is 16.5. The molecule has 1 amide bonds. The van der Waals surface area contributed by atoms with Crippen LogP contribution >= 0.6 is 0 Å². The lowest BCUT2D eigenvalue weighted by molar-refractivity contribution is -0.153. The van der Waals surface area contributed by atoms with Gasteiger partial charge in [-0.1, -0.05) is 31.5 Å². The fraction of sp³-hybridized carbons (Fsp3) is 0.348. The van der Waals surface area contributed by atoms with Gasteiger partial charge in [0, 0.05) is 6.54 Å². The number of unbranched alkanes of at least 4 members (excludes halogenated alkanes) is 1. The maximum Gasteiger partial charge on any atom is 0.321 e. The van der Waals surface area contributed by atoms with Crippen molar-refractivity contribution >= 4 is 28.9 Å². The number of fused-ring (bicyclic) bond motifs is 3. The second-order valence-electron chi connectivity index (χ2n) is 7.54. The second-order valence-corrected chi connectivity index (χ2v) is 7.54. The van der Waals surface area contributed by atoms with Crippen molar-refractivity contribution < 1.29 is 24.5 Å². The monoisotopic (exact) mass is 423 g/mol. The van der Waals surface area contributed by atoms with Crippen LogP contribution in [-0.4, -0.2) is 44.8 Å². The van der Waals surface area contributed by atoms with E-state index in [1.165, 1.54) is 12.1 Å². The van der Waals surface area contributed by atoms with Gasteiger partial charge in [0.2, 0.25) is 11.9 Å². The van der Waals surface area contributed by atoms with Gasteiger partial charge in [-0.2, -0.15) is 0 Å². The van der Waals surface area contributed by atoms with Crippen LogP contribution in [-0.2, 0) is 14.3 Å². The fourth-order valence-electron chi connectivity index (χ4n) is 4.10. The molecule has 3 aromatic rings. The van der Waals surface area contributed by atoms with Crippen molar-refractivity contribution in [1.82, 2.24) is 9.55 Å². The zero-order valence-corrected chi connectivity index (χ0v) is 17.5. The molecule has 1 aromatic heterocycles. The molecule has 2 N–H and O–H groups in total. The summed E-state index contributed by atoms with van der Waals surface area (Å²) in [6.45, 7) is 4.30. The minimum atomic E-state index is -1.15. The number of esters is 1. The number of amides is 1. The zero-order chi connectivity index (χ0) is 22.1. The Hall–Kier alpha value is -3.55. The summed E-state index contributed by atoms with van der Waals surface area (Å²) >= 11 is 0. The number of nitrogens with zero attached hydrogens (tertiary/aromatic N) is 3. The Morgan fingerprint density at radius 3 is 2.61 bits per heavy atom. The van der Waals surface area contributed by atoms with Gasteiger partial charge in [-0.15, -0.1) is 0 Å².